The van der Waals surface area contributed by atoms with E-state index in [0.717, 1.165) is 0 Å². The Kier molecular flexibility index (Phi) is 7.78. The third-order valence-electron chi connectivity index (χ3n) is 6.68. The van der Waals surface area contributed by atoms with Crippen molar-refractivity contribution in [1.82, 2.24) is 4.57 Å². The van der Waals surface area contributed by atoms with Gasteiger partial charge in [-0.1, -0.05) is 29.5 Å². The number of halogens is 1. The van der Waals surface area contributed by atoms with E-state index in [-0.39, 0.29) is 23.4 Å². The van der Waals surface area contributed by atoms with Gasteiger partial charge in [-0.25, -0.2) is 9.79 Å². The Bertz CT molecular complexity index is 1920. The quantitative estimate of drug-likeness (QED) is 0.158. The lowest BCUT2D eigenvalue weighted by Gasteiger charge is -2.25. The SMILES string of the molecule is CCOC(=O)C1=C(C)N=c2s/c(=C\c3ccc(-c4cccc([N+](=O)[O-])c4C)o3)c(=O)n2[C@H]1c1ccc(OC)c(Br)c1. The van der Waals surface area contributed by atoms with Gasteiger partial charge in [-0.15, -0.1) is 0 Å². The number of furan rings is 1. The van der Waals surface area contributed by atoms with E-state index in [4.69, 9.17) is 13.9 Å². The molecule has 5 rings (SSSR count). The molecule has 12 heteroatoms. The van der Waals surface area contributed by atoms with Crippen molar-refractivity contribution >= 4 is 45.0 Å². The number of hydrogen-bond acceptors (Lipinski definition) is 9. The molecule has 41 heavy (non-hydrogen) atoms. The highest BCUT2D eigenvalue weighted by atomic mass is 79.9. The molecule has 3 heterocycles. The number of methoxy groups -OCH3 is 1. The van der Waals surface area contributed by atoms with E-state index in [2.05, 4.69) is 20.9 Å². The number of rotatable bonds is 7. The van der Waals surface area contributed by atoms with Crippen LogP contribution < -0.4 is 19.6 Å². The van der Waals surface area contributed by atoms with Crippen LogP contribution in [0, 0.1) is 17.0 Å². The smallest absolute Gasteiger partial charge is 0.338 e. The van der Waals surface area contributed by atoms with Gasteiger partial charge in [-0.05, 0) is 66.5 Å². The molecule has 0 N–H and O–H groups in total. The van der Waals surface area contributed by atoms with Crippen molar-refractivity contribution in [2.75, 3.05) is 13.7 Å². The summed E-state index contributed by atoms with van der Waals surface area (Å²) in [7, 11) is 1.55. The van der Waals surface area contributed by atoms with Crippen molar-refractivity contribution < 1.29 is 23.6 Å². The molecule has 10 nitrogen and oxygen atoms in total. The molecular weight excluding hydrogens is 614 g/mol. The zero-order valence-corrected chi connectivity index (χ0v) is 24.9. The largest absolute Gasteiger partial charge is 0.496 e. The van der Waals surface area contributed by atoms with E-state index in [1.807, 2.05) is 0 Å². The summed E-state index contributed by atoms with van der Waals surface area (Å²) in [5, 5.41) is 11.4. The average Bonchev–Trinajstić information content (AvgIpc) is 3.52. The number of esters is 1. The summed E-state index contributed by atoms with van der Waals surface area (Å²) < 4.78 is 19.2. The number of nitrogens with zero attached hydrogens (tertiary/aromatic N) is 3. The van der Waals surface area contributed by atoms with E-state index in [1.54, 1.807) is 76.4 Å². The number of thiazole rings is 1. The second kappa shape index (κ2) is 11.3. The van der Waals surface area contributed by atoms with Crippen LogP contribution >= 0.6 is 27.3 Å². The number of nitro benzene ring substituents is 1. The Labute approximate surface area is 246 Å². The molecule has 0 bridgehead atoms. The topological polar surface area (TPSA) is 126 Å². The second-order valence-electron chi connectivity index (χ2n) is 9.11. The van der Waals surface area contributed by atoms with E-state index < -0.39 is 16.9 Å². The summed E-state index contributed by atoms with van der Waals surface area (Å²) >= 11 is 4.67. The molecule has 1 atom stereocenters. The maximum Gasteiger partial charge on any atom is 0.338 e. The average molecular weight is 638 g/mol. The molecule has 1 aliphatic heterocycles. The molecule has 0 spiro atoms. The summed E-state index contributed by atoms with van der Waals surface area (Å²) in [6.07, 6.45) is 1.60. The first-order valence-corrected chi connectivity index (χ1v) is 14.1. The third-order valence-corrected chi connectivity index (χ3v) is 8.28. The summed E-state index contributed by atoms with van der Waals surface area (Å²) in [4.78, 5) is 42.9. The highest BCUT2D eigenvalue weighted by Gasteiger charge is 2.33. The zero-order valence-electron chi connectivity index (χ0n) is 22.5. The number of fused-ring (bicyclic) bond motifs is 1. The fourth-order valence-corrected chi connectivity index (χ4v) is 6.34. The van der Waals surface area contributed by atoms with Crippen LogP contribution in [-0.2, 0) is 9.53 Å². The van der Waals surface area contributed by atoms with Crippen LogP contribution in [-0.4, -0.2) is 29.2 Å². The molecule has 0 saturated carbocycles. The van der Waals surface area contributed by atoms with Gasteiger partial charge in [0.2, 0.25) is 0 Å². The van der Waals surface area contributed by atoms with Crippen molar-refractivity contribution in [1.29, 1.82) is 0 Å². The maximum absolute atomic E-state index is 13.8. The van der Waals surface area contributed by atoms with E-state index >= 15 is 0 Å². The van der Waals surface area contributed by atoms with Crippen LogP contribution in [0.4, 0.5) is 5.69 Å². The van der Waals surface area contributed by atoms with Gasteiger partial charge in [0.05, 0.1) is 45.0 Å². The number of hydrogen-bond donors (Lipinski definition) is 0. The molecule has 0 fully saturated rings. The molecule has 0 radical (unpaired) electrons. The lowest BCUT2D eigenvalue weighted by Crippen LogP contribution is -2.39. The van der Waals surface area contributed by atoms with Gasteiger partial charge in [0, 0.05) is 23.3 Å². The molecule has 0 saturated heterocycles. The first-order chi connectivity index (χ1) is 19.6. The number of nitro groups is 1. The summed E-state index contributed by atoms with van der Waals surface area (Å²) in [6, 6.07) is 12.8. The Hall–Kier alpha value is -4.29. The Morgan fingerprint density at radius 2 is 2.02 bits per heavy atom. The van der Waals surface area contributed by atoms with Crippen molar-refractivity contribution in [3.05, 3.63) is 111 Å². The van der Waals surface area contributed by atoms with Gasteiger partial charge in [0.25, 0.3) is 11.2 Å². The maximum atomic E-state index is 13.8. The summed E-state index contributed by atoms with van der Waals surface area (Å²) in [5.74, 6) is 0.878. The van der Waals surface area contributed by atoms with Crippen molar-refractivity contribution in [3.8, 4) is 17.1 Å². The predicted octanol–water partition coefficient (Wildman–Crippen LogP) is 5.05. The monoisotopic (exact) mass is 637 g/mol. The number of allylic oxidation sites excluding steroid dienone is 1. The van der Waals surface area contributed by atoms with Crippen LogP contribution in [0.5, 0.6) is 5.75 Å². The first-order valence-electron chi connectivity index (χ1n) is 12.5. The van der Waals surface area contributed by atoms with Crippen LogP contribution in [0.1, 0.15) is 36.8 Å². The lowest BCUT2D eigenvalue weighted by molar-refractivity contribution is -0.385. The van der Waals surface area contributed by atoms with Gasteiger partial charge >= 0.3 is 5.97 Å². The molecule has 4 aromatic rings. The molecule has 0 aliphatic carbocycles. The fraction of sp³-hybridized carbons (Fsp3) is 0.207. The lowest BCUT2D eigenvalue weighted by atomic mass is 9.96. The summed E-state index contributed by atoms with van der Waals surface area (Å²) in [6.45, 7) is 5.27. The first kappa shape index (κ1) is 28.2. The Morgan fingerprint density at radius 1 is 1.24 bits per heavy atom. The van der Waals surface area contributed by atoms with Gasteiger partial charge in [0.1, 0.15) is 17.3 Å². The minimum absolute atomic E-state index is 0.00768. The van der Waals surface area contributed by atoms with Gasteiger partial charge in [0.15, 0.2) is 4.80 Å². The molecule has 2 aromatic heterocycles. The second-order valence-corrected chi connectivity index (χ2v) is 11.0. The summed E-state index contributed by atoms with van der Waals surface area (Å²) in [5.41, 5.74) is 2.09. The third kappa shape index (κ3) is 5.16. The van der Waals surface area contributed by atoms with Gasteiger partial charge in [-0.3, -0.25) is 19.5 Å². The molecular formula is C29H24BrN3O7S. The number of benzene rings is 2. The van der Waals surface area contributed by atoms with Crippen molar-refractivity contribution in [3.63, 3.8) is 0 Å². The number of aromatic nitrogens is 1. The van der Waals surface area contributed by atoms with Crippen molar-refractivity contribution in [2.45, 2.75) is 26.8 Å². The zero-order chi connectivity index (χ0) is 29.4. The number of ether oxygens (including phenoxy) is 2. The minimum Gasteiger partial charge on any atom is -0.496 e. The highest BCUT2D eigenvalue weighted by molar-refractivity contribution is 9.10. The van der Waals surface area contributed by atoms with Crippen LogP contribution in [0.2, 0.25) is 0 Å². The standard InChI is InChI=1S/C29H24BrN3O7S/c1-5-39-28(35)25-16(3)31-29-32(26(25)17-9-11-23(38-4)20(30)13-17)27(34)24(41-29)14-18-10-12-22(40-18)19-7-6-8-21(15(19)2)33(36)37/h6-14,26H,5H2,1-4H3/b24-14-/t26-/m0/s1. The van der Waals surface area contributed by atoms with Crippen LogP contribution in [0.3, 0.4) is 0 Å². The highest BCUT2D eigenvalue weighted by Crippen LogP contribution is 2.35. The fourth-order valence-electron chi connectivity index (χ4n) is 4.75. The van der Waals surface area contributed by atoms with Crippen molar-refractivity contribution in [2.24, 2.45) is 4.99 Å². The molecule has 210 valence electrons. The Balaban J connectivity index is 1.64. The molecule has 0 unspecified atom stereocenters. The van der Waals surface area contributed by atoms with Gasteiger partial charge < -0.3 is 13.9 Å². The number of carbonyl (C=O) groups is 1. The normalized spacial score (nSPS) is 15.0. The predicted molar refractivity (Wildman–Crippen MR) is 157 cm³/mol. The Morgan fingerprint density at radius 3 is 2.71 bits per heavy atom. The van der Waals surface area contributed by atoms with Gasteiger partial charge in [-0.2, -0.15) is 0 Å². The molecule has 1 aliphatic rings. The van der Waals surface area contributed by atoms with Crippen LogP contribution in [0.15, 0.2) is 78.5 Å². The molecule has 0 amide bonds. The van der Waals surface area contributed by atoms with Crippen LogP contribution in [0.25, 0.3) is 17.4 Å². The van der Waals surface area contributed by atoms with E-state index in [9.17, 15) is 19.7 Å². The minimum atomic E-state index is -0.783. The molecule has 2 aromatic carbocycles. The van der Waals surface area contributed by atoms with E-state index in [1.165, 1.54) is 22.0 Å². The van der Waals surface area contributed by atoms with E-state index in [0.29, 0.717) is 53.5 Å². The number of carbonyl (C=O) groups excluding carboxylic acids is 1.